The highest BCUT2D eigenvalue weighted by Gasteiger charge is 2.23. The third-order valence-electron chi connectivity index (χ3n) is 3.21. The van der Waals surface area contributed by atoms with Crippen molar-refractivity contribution in [1.82, 2.24) is 14.5 Å². The second kappa shape index (κ2) is 4.20. The molecule has 88 valence electrons. The van der Waals surface area contributed by atoms with Gasteiger partial charge in [0.25, 0.3) is 0 Å². The molecule has 4 nitrogen and oxygen atoms in total. The number of aromatic nitrogens is 3. The summed E-state index contributed by atoms with van der Waals surface area (Å²) in [7, 11) is 0. The number of rotatable bonds is 2. The molecule has 0 aromatic carbocycles. The number of hydrogen-bond donors (Lipinski definition) is 1. The second-order valence-electron chi connectivity index (χ2n) is 4.30. The first-order chi connectivity index (χ1) is 8.38. The van der Waals surface area contributed by atoms with Gasteiger partial charge in [-0.2, -0.15) is 0 Å². The molecule has 0 amide bonds. The summed E-state index contributed by atoms with van der Waals surface area (Å²) in [5.41, 5.74) is 2.26. The van der Waals surface area contributed by atoms with Crippen molar-refractivity contribution in [3.05, 3.63) is 42.0 Å². The molecule has 1 N–H and O–H groups in total. The van der Waals surface area contributed by atoms with Gasteiger partial charge in [-0.25, -0.2) is 4.98 Å². The lowest BCUT2D eigenvalue weighted by atomic mass is 10.1. The fourth-order valence-corrected chi connectivity index (χ4v) is 2.31. The fraction of sp³-hybridized carbons (Fsp3) is 0.385. The standard InChI is InChI=1S/C13H16N4/c1-2-10-9-17-12(6-8-15-13(17)16-10)11-5-3-4-7-14-11/h3-5,7,9,12H,2,6,8H2,1H3,(H,15,16). The first kappa shape index (κ1) is 10.3. The summed E-state index contributed by atoms with van der Waals surface area (Å²) in [5.74, 6) is 0.976. The molecule has 0 spiro atoms. The number of pyridine rings is 1. The Balaban J connectivity index is 2.02. The molecule has 0 saturated heterocycles. The molecular weight excluding hydrogens is 212 g/mol. The summed E-state index contributed by atoms with van der Waals surface area (Å²) in [6.07, 6.45) is 6.02. The van der Waals surface area contributed by atoms with Gasteiger partial charge in [-0.05, 0) is 25.0 Å². The maximum Gasteiger partial charge on any atom is 0.203 e. The van der Waals surface area contributed by atoms with Gasteiger partial charge in [0.1, 0.15) is 0 Å². The van der Waals surface area contributed by atoms with Crippen LogP contribution in [0.15, 0.2) is 30.6 Å². The quantitative estimate of drug-likeness (QED) is 0.857. The van der Waals surface area contributed by atoms with Crippen LogP contribution in [0.1, 0.15) is 30.8 Å². The zero-order valence-electron chi connectivity index (χ0n) is 9.93. The van der Waals surface area contributed by atoms with E-state index < -0.39 is 0 Å². The topological polar surface area (TPSA) is 42.7 Å². The van der Waals surface area contributed by atoms with Crippen LogP contribution < -0.4 is 5.32 Å². The summed E-state index contributed by atoms with van der Waals surface area (Å²) < 4.78 is 2.21. The van der Waals surface area contributed by atoms with E-state index in [1.165, 1.54) is 0 Å². The Morgan fingerprint density at radius 1 is 1.47 bits per heavy atom. The Labute approximate surface area is 101 Å². The first-order valence-corrected chi connectivity index (χ1v) is 6.11. The van der Waals surface area contributed by atoms with Crippen molar-refractivity contribution < 1.29 is 0 Å². The van der Waals surface area contributed by atoms with E-state index in [-0.39, 0.29) is 0 Å². The van der Waals surface area contributed by atoms with E-state index in [0.29, 0.717) is 6.04 Å². The average molecular weight is 228 g/mol. The van der Waals surface area contributed by atoms with Gasteiger partial charge in [0.2, 0.25) is 5.95 Å². The predicted molar refractivity (Wildman–Crippen MR) is 67.1 cm³/mol. The highest BCUT2D eigenvalue weighted by Crippen LogP contribution is 2.28. The van der Waals surface area contributed by atoms with Crippen LogP contribution >= 0.6 is 0 Å². The van der Waals surface area contributed by atoms with E-state index in [1.807, 2.05) is 18.3 Å². The van der Waals surface area contributed by atoms with Crippen molar-refractivity contribution in [2.75, 3.05) is 11.9 Å². The van der Waals surface area contributed by atoms with Gasteiger partial charge >= 0.3 is 0 Å². The smallest absolute Gasteiger partial charge is 0.203 e. The van der Waals surface area contributed by atoms with Crippen molar-refractivity contribution in [2.45, 2.75) is 25.8 Å². The number of nitrogens with zero attached hydrogens (tertiary/aromatic N) is 3. The lowest BCUT2D eigenvalue weighted by Gasteiger charge is -2.25. The minimum atomic E-state index is 0.320. The van der Waals surface area contributed by atoms with Gasteiger partial charge in [0.05, 0.1) is 17.4 Å². The Bertz CT molecular complexity index is 503. The Morgan fingerprint density at radius 3 is 3.18 bits per heavy atom. The normalized spacial score (nSPS) is 18.5. The zero-order valence-corrected chi connectivity index (χ0v) is 9.93. The summed E-state index contributed by atoms with van der Waals surface area (Å²) in [4.78, 5) is 9.03. The number of imidazole rings is 1. The highest BCUT2D eigenvalue weighted by molar-refractivity contribution is 5.34. The van der Waals surface area contributed by atoms with Gasteiger partial charge in [-0.1, -0.05) is 13.0 Å². The highest BCUT2D eigenvalue weighted by atomic mass is 15.2. The van der Waals surface area contributed by atoms with E-state index in [4.69, 9.17) is 0 Å². The largest absolute Gasteiger partial charge is 0.356 e. The maximum atomic E-state index is 4.57. The molecule has 2 aromatic heterocycles. The summed E-state index contributed by atoms with van der Waals surface area (Å²) in [6, 6.07) is 6.41. The molecule has 1 unspecified atom stereocenters. The molecule has 4 heteroatoms. The third-order valence-corrected chi connectivity index (χ3v) is 3.21. The Kier molecular flexibility index (Phi) is 2.55. The van der Waals surface area contributed by atoms with E-state index in [2.05, 4.69) is 39.0 Å². The van der Waals surface area contributed by atoms with Crippen LogP contribution in [0.2, 0.25) is 0 Å². The second-order valence-corrected chi connectivity index (χ2v) is 4.30. The summed E-state index contributed by atoms with van der Waals surface area (Å²) >= 11 is 0. The first-order valence-electron chi connectivity index (χ1n) is 6.11. The maximum absolute atomic E-state index is 4.57. The summed E-state index contributed by atoms with van der Waals surface area (Å²) in [6.45, 7) is 3.09. The number of anilines is 1. The molecule has 3 rings (SSSR count). The van der Waals surface area contributed by atoms with Crippen LogP contribution in [-0.4, -0.2) is 21.1 Å². The molecule has 0 radical (unpaired) electrons. The minimum absolute atomic E-state index is 0.320. The molecule has 17 heavy (non-hydrogen) atoms. The van der Waals surface area contributed by atoms with Crippen LogP contribution in [0.5, 0.6) is 0 Å². The molecule has 1 aliphatic rings. The van der Waals surface area contributed by atoms with Gasteiger partial charge < -0.3 is 9.88 Å². The minimum Gasteiger partial charge on any atom is -0.356 e. The van der Waals surface area contributed by atoms with E-state index in [9.17, 15) is 0 Å². The molecule has 0 fully saturated rings. The molecule has 1 atom stereocenters. The van der Waals surface area contributed by atoms with E-state index >= 15 is 0 Å². The van der Waals surface area contributed by atoms with Crippen LogP contribution in [0.25, 0.3) is 0 Å². The van der Waals surface area contributed by atoms with Gasteiger partial charge in [-0.3, -0.25) is 4.98 Å². The van der Waals surface area contributed by atoms with Crippen molar-refractivity contribution in [3.8, 4) is 0 Å². The lowest BCUT2D eigenvalue weighted by molar-refractivity contribution is 0.518. The van der Waals surface area contributed by atoms with Gasteiger partial charge in [0, 0.05) is 18.9 Å². The number of hydrogen-bond acceptors (Lipinski definition) is 3. The van der Waals surface area contributed by atoms with Crippen LogP contribution in [0.3, 0.4) is 0 Å². The summed E-state index contributed by atoms with van der Waals surface area (Å²) in [5, 5.41) is 3.34. The molecule has 0 aliphatic carbocycles. The van der Waals surface area contributed by atoms with Gasteiger partial charge in [-0.15, -0.1) is 0 Å². The molecular formula is C13H16N4. The molecule has 2 aromatic rings. The van der Waals surface area contributed by atoms with Crippen molar-refractivity contribution in [3.63, 3.8) is 0 Å². The van der Waals surface area contributed by atoms with Crippen LogP contribution in [0, 0.1) is 0 Å². The number of nitrogens with one attached hydrogen (secondary N) is 1. The molecule has 1 aliphatic heterocycles. The monoisotopic (exact) mass is 228 g/mol. The Hall–Kier alpha value is -1.84. The number of aryl methyl sites for hydroxylation is 1. The SMILES string of the molecule is CCc1cn2c(n1)NCCC2c1ccccn1. The molecule has 3 heterocycles. The zero-order chi connectivity index (χ0) is 11.7. The van der Waals surface area contributed by atoms with Crippen molar-refractivity contribution >= 4 is 5.95 Å². The fourth-order valence-electron chi connectivity index (χ4n) is 2.31. The van der Waals surface area contributed by atoms with Gasteiger partial charge in [0.15, 0.2) is 0 Å². The molecule has 0 saturated carbocycles. The predicted octanol–water partition coefficient (Wildman–Crippen LogP) is 2.25. The van der Waals surface area contributed by atoms with Crippen LogP contribution in [-0.2, 0) is 6.42 Å². The van der Waals surface area contributed by atoms with E-state index in [0.717, 1.165) is 36.7 Å². The lowest BCUT2D eigenvalue weighted by Crippen LogP contribution is -2.23. The third kappa shape index (κ3) is 1.79. The van der Waals surface area contributed by atoms with Crippen LogP contribution in [0.4, 0.5) is 5.95 Å². The van der Waals surface area contributed by atoms with Crippen molar-refractivity contribution in [2.24, 2.45) is 0 Å². The van der Waals surface area contributed by atoms with Crippen molar-refractivity contribution in [1.29, 1.82) is 0 Å². The Morgan fingerprint density at radius 2 is 2.41 bits per heavy atom. The van der Waals surface area contributed by atoms with E-state index in [1.54, 1.807) is 0 Å². The molecule has 0 bridgehead atoms. The number of fused-ring (bicyclic) bond motifs is 1. The average Bonchev–Trinajstić information content (AvgIpc) is 2.82.